The average Bonchev–Trinajstić information content (AvgIpc) is 3.06. The van der Waals surface area contributed by atoms with Crippen LogP contribution in [0.2, 0.25) is 0 Å². The minimum atomic E-state index is 0.517. The molecule has 3 aromatic rings. The number of aryl methyl sites for hydroxylation is 1. The zero-order valence-corrected chi connectivity index (χ0v) is 14.2. The molecular formula is C17H23N5O. The predicted molar refractivity (Wildman–Crippen MR) is 89.4 cm³/mol. The number of hydrogen-bond donors (Lipinski definition) is 0. The maximum atomic E-state index is 5.20. The first-order valence-electron chi connectivity index (χ1n) is 7.97. The van der Waals surface area contributed by atoms with Crippen molar-refractivity contribution in [3.8, 4) is 11.5 Å². The Hall–Kier alpha value is -2.21. The Bertz CT molecular complexity index is 803. The van der Waals surface area contributed by atoms with E-state index in [0.717, 1.165) is 35.1 Å². The van der Waals surface area contributed by atoms with Crippen molar-refractivity contribution < 1.29 is 4.74 Å². The quantitative estimate of drug-likeness (QED) is 0.702. The van der Waals surface area contributed by atoms with Crippen LogP contribution in [-0.2, 0) is 17.7 Å². The maximum Gasteiger partial charge on any atom is 0.179 e. The SMILES string of the molecule is COCCn1nc(CC(C)C)nc1-c1nc2ccccn2c1C. The summed E-state index contributed by atoms with van der Waals surface area (Å²) >= 11 is 0. The molecule has 6 nitrogen and oxygen atoms in total. The highest BCUT2D eigenvalue weighted by atomic mass is 16.5. The number of aromatic nitrogens is 5. The van der Waals surface area contributed by atoms with Gasteiger partial charge < -0.3 is 9.14 Å². The molecule has 122 valence electrons. The van der Waals surface area contributed by atoms with Crippen LogP contribution in [-0.4, -0.2) is 37.9 Å². The fourth-order valence-electron chi connectivity index (χ4n) is 2.68. The van der Waals surface area contributed by atoms with Gasteiger partial charge in [-0.3, -0.25) is 0 Å². The highest BCUT2D eigenvalue weighted by molar-refractivity contribution is 5.60. The van der Waals surface area contributed by atoms with Crippen LogP contribution in [0.4, 0.5) is 0 Å². The summed E-state index contributed by atoms with van der Waals surface area (Å²) in [7, 11) is 1.70. The molecule has 0 fully saturated rings. The molecule has 0 radical (unpaired) electrons. The lowest BCUT2D eigenvalue weighted by atomic mass is 10.1. The van der Waals surface area contributed by atoms with Gasteiger partial charge >= 0.3 is 0 Å². The molecule has 0 bridgehead atoms. The molecule has 0 spiro atoms. The van der Waals surface area contributed by atoms with Gasteiger partial charge in [-0.1, -0.05) is 19.9 Å². The summed E-state index contributed by atoms with van der Waals surface area (Å²) in [6, 6.07) is 6.00. The fourth-order valence-corrected chi connectivity index (χ4v) is 2.68. The van der Waals surface area contributed by atoms with Gasteiger partial charge in [-0.15, -0.1) is 0 Å². The summed E-state index contributed by atoms with van der Waals surface area (Å²) in [5.74, 6) is 2.20. The molecule has 0 N–H and O–H groups in total. The van der Waals surface area contributed by atoms with Gasteiger partial charge in [-0.25, -0.2) is 14.6 Å². The molecule has 0 unspecified atom stereocenters. The second-order valence-corrected chi connectivity index (χ2v) is 6.14. The number of ether oxygens (including phenoxy) is 1. The van der Waals surface area contributed by atoms with Gasteiger partial charge in [0.2, 0.25) is 0 Å². The van der Waals surface area contributed by atoms with Crippen molar-refractivity contribution in [2.75, 3.05) is 13.7 Å². The van der Waals surface area contributed by atoms with E-state index in [1.807, 2.05) is 29.1 Å². The second-order valence-electron chi connectivity index (χ2n) is 6.14. The number of pyridine rings is 1. The molecule has 0 saturated heterocycles. The molecule has 0 aromatic carbocycles. The van der Waals surface area contributed by atoms with Crippen LogP contribution in [0.15, 0.2) is 24.4 Å². The van der Waals surface area contributed by atoms with E-state index in [2.05, 4.69) is 30.3 Å². The number of nitrogens with zero attached hydrogens (tertiary/aromatic N) is 5. The van der Waals surface area contributed by atoms with E-state index < -0.39 is 0 Å². The largest absolute Gasteiger partial charge is 0.383 e. The average molecular weight is 313 g/mol. The molecule has 6 heteroatoms. The molecule has 23 heavy (non-hydrogen) atoms. The lowest BCUT2D eigenvalue weighted by Gasteiger charge is -2.04. The Morgan fingerprint density at radius 3 is 2.74 bits per heavy atom. The zero-order chi connectivity index (χ0) is 16.4. The molecule has 3 rings (SSSR count). The Morgan fingerprint density at radius 2 is 2.04 bits per heavy atom. The van der Waals surface area contributed by atoms with Crippen LogP contribution < -0.4 is 0 Å². The van der Waals surface area contributed by atoms with Crippen molar-refractivity contribution in [3.63, 3.8) is 0 Å². The molecule has 3 aromatic heterocycles. The van der Waals surface area contributed by atoms with Crippen LogP contribution in [0.1, 0.15) is 25.4 Å². The van der Waals surface area contributed by atoms with Crippen LogP contribution in [0.5, 0.6) is 0 Å². The second kappa shape index (κ2) is 6.50. The lowest BCUT2D eigenvalue weighted by molar-refractivity contribution is 0.184. The van der Waals surface area contributed by atoms with Crippen molar-refractivity contribution in [2.24, 2.45) is 5.92 Å². The van der Waals surface area contributed by atoms with E-state index in [4.69, 9.17) is 14.7 Å². The van der Waals surface area contributed by atoms with Gasteiger partial charge in [0.25, 0.3) is 0 Å². The number of fused-ring (bicyclic) bond motifs is 1. The molecule has 0 amide bonds. The summed E-state index contributed by atoms with van der Waals surface area (Å²) in [4.78, 5) is 9.49. The Labute approximate surface area is 136 Å². The van der Waals surface area contributed by atoms with Crippen molar-refractivity contribution in [3.05, 3.63) is 35.9 Å². The molecule has 0 aliphatic rings. The van der Waals surface area contributed by atoms with Gasteiger partial charge in [0.15, 0.2) is 11.6 Å². The summed E-state index contributed by atoms with van der Waals surface area (Å²) in [5, 5.41) is 4.65. The smallest absolute Gasteiger partial charge is 0.179 e. The normalized spacial score (nSPS) is 11.7. The third-order valence-corrected chi connectivity index (χ3v) is 3.79. The maximum absolute atomic E-state index is 5.20. The first kappa shape index (κ1) is 15.7. The number of methoxy groups -OCH3 is 1. The Kier molecular flexibility index (Phi) is 4.43. The topological polar surface area (TPSA) is 57.2 Å². The number of hydrogen-bond acceptors (Lipinski definition) is 4. The number of imidazole rings is 1. The molecule has 0 aliphatic heterocycles. The van der Waals surface area contributed by atoms with Crippen LogP contribution in [0.3, 0.4) is 0 Å². The predicted octanol–water partition coefficient (Wildman–Crippen LogP) is 2.75. The fraction of sp³-hybridized carbons (Fsp3) is 0.471. The summed E-state index contributed by atoms with van der Waals surface area (Å²) in [6.45, 7) is 7.68. The summed E-state index contributed by atoms with van der Waals surface area (Å²) < 4.78 is 9.19. The van der Waals surface area contributed by atoms with Crippen molar-refractivity contribution in [2.45, 2.75) is 33.7 Å². The minimum absolute atomic E-state index is 0.517. The van der Waals surface area contributed by atoms with Gasteiger partial charge in [-0.05, 0) is 25.0 Å². The molecule has 3 heterocycles. The van der Waals surface area contributed by atoms with E-state index in [-0.39, 0.29) is 0 Å². The highest BCUT2D eigenvalue weighted by Crippen LogP contribution is 2.23. The molecular weight excluding hydrogens is 290 g/mol. The van der Waals surface area contributed by atoms with Crippen molar-refractivity contribution in [1.29, 1.82) is 0 Å². The van der Waals surface area contributed by atoms with Crippen LogP contribution in [0, 0.1) is 12.8 Å². The summed E-state index contributed by atoms with van der Waals surface area (Å²) in [6.07, 6.45) is 2.88. The molecule has 0 saturated carbocycles. The number of rotatable bonds is 6. The van der Waals surface area contributed by atoms with Gasteiger partial charge in [0, 0.05) is 19.7 Å². The molecule has 0 atom stereocenters. The highest BCUT2D eigenvalue weighted by Gasteiger charge is 2.18. The third-order valence-electron chi connectivity index (χ3n) is 3.79. The standard InChI is InChI=1S/C17H23N5O/c1-12(2)11-14-18-17(22(20-14)9-10-23-4)16-13(3)21-8-6-5-7-15(21)19-16/h5-8,12H,9-11H2,1-4H3. The van der Waals surface area contributed by atoms with Crippen molar-refractivity contribution >= 4 is 5.65 Å². The van der Waals surface area contributed by atoms with E-state index in [1.165, 1.54) is 0 Å². The molecule has 0 aliphatic carbocycles. The van der Waals surface area contributed by atoms with Crippen LogP contribution in [0.25, 0.3) is 17.2 Å². The Morgan fingerprint density at radius 1 is 1.22 bits per heavy atom. The minimum Gasteiger partial charge on any atom is -0.383 e. The Balaban J connectivity index is 2.08. The zero-order valence-electron chi connectivity index (χ0n) is 14.2. The van der Waals surface area contributed by atoms with Crippen LogP contribution >= 0.6 is 0 Å². The monoisotopic (exact) mass is 313 g/mol. The van der Waals surface area contributed by atoms with Gasteiger partial charge in [-0.2, -0.15) is 5.10 Å². The van der Waals surface area contributed by atoms with Gasteiger partial charge in [0.1, 0.15) is 11.3 Å². The first-order chi connectivity index (χ1) is 11.1. The first-order valence-corrected chi connectivity index (χ1v) is 7.97. The van der Waals surface area contributed by atoms with E-state index in [0.29, 0.717) is 19.1 Å². The summed E-state index contributed by atoms with van der Waals surface area (Å²) in [5.41, 5.74) is 2.88. The van der Waals surface area contributed by atoms with E-state index >= 15 is 0 Å². The van der Waals surface area contributed by atoms with Gasteiger partial charge in [0.05, 0.1) is 18.8 Å². The third kappa shape index (κ3) is 3.12. The van der Waals surface area contributed by atoms with Crippen molar-refractivity contribution in [1.82, 2.24) is 24.1 Å². The van der Waals surface area contributed by atoms with E-state index in [1.54, 1.807) is 7.11 Å². The lowest BCUT2D eigenvalue weighted by Crippen LogP contribution is -2.08. The van der Waals surface area contributed by atoms with E-state index in [9.17, 15) is 0 Å².